The number of benzene rings is 4. The van der Waals surface area contributed by atoms with Crippen molar-refractivity contribution in [3.05, 3.63) is 156 Å². The van der Waals surface area contributed by atoms with Crippen LogP contribution in [-0.2, 0) is 10.3 Å². The van der Waals surface area contributed by atoms with Crippen LogP contribution in [0.25, 0.3) is 17.3 Å². The first kappa shape index (κ1) is 28.5. The van der Waals surface area contributed by atoms with Crippen molar-refractivity contribution in [2.75, 3.05) is 0 Å². The minimum Gasteiger partial charge on any atom is -0.318 e. The number of imidazole rings is 1. The van der Waals surface area contributed by atoms with Crippen molar-refractivity contribution >= 4 is 11.9 Å². The Morgan fingerprint density at radius 1 is 0.814 bits per heavy atom. The quantitative estimate of drug-likeness (QED) is 0.138. The van der Waals surface area contributed by atoms with Crippen LogP contribution >= 0.6 is 0 Å². The van der Waals surface area contributed by atoms with Crippen molar-refractivity contribution in [2.24, 2.45) is 11.3 Å². The van der Waals surface area contributed by atoms with Gasteiger partial charge in [-0.15, -0.1) is 0 Å². The second-order valence-corrected chi connectivity index (χ2v) is 12.3. The summed E-state index contributed by atoms with van der Waals surface area (Å²) >= 11 is 0. The minimum absolute atomic E-state index is 0.00180. The van der Waals surface area contributed by atoms with E-state index in [1.54, 1.807) is 18.2 Å². The van der Waals surface area contributed by atoms with Crippen molar-refractivity contribution in [1.82, 2.24) is 9.55 Å². The maximum atomic E-state index is 15.4. The molecule has 0 radical (unpaired) electrons. The number of halogens is 1. The monoisotopic (exact) mass is 568 g/mol. The molecule has 0 atom stereocenters. The Labute approximate surface area is 253 Å². The molecule has 4 aromatic carbocycles. The first-order valence-electron chi connectivity index (χ1n) is 15.1. The van der Waals surface area contributed by atoms with Crippen LogP contribution in [0.3, 0.4) is 0 Å². The van der Waals surface area contributed by atoms with Crippen molar-refractivity contribution in [3.8, 4) is 11.3 Å². The van der Waals surface area contributed by atoms with Crippen LogP contribution in [-0.4, -0.2) is 15.3 Å². The molecule has 0 amide bonds. The van der Waals surface area contributed by atoms with E-state index in [-0.39, 0.29) is 22.9 Å². The smallest absolute Gasteiger partial charge is 0.158 e. The van der Waals surface area contributed by atoms with Gasteiger partial charge in [0.05, 0.1) is 12.0 Å². The third-order valence-corrected chi connectivity index (χ3v) is 9.03. The molecule has 1 aliphatic rings. The second-order valence-electron chi connectivity index (χ2n) is 12.3. The van der Waals surface area contributed by atoms with Gasteiger partial charge in [-0.1, -0.05) is 117 Å². The fourth-order valence-electron chi connectivity index (χ4n) is 6.55. The molecule has 1 fully saturated rings. The van der Waals surface area contributed by atoms with E-state index in [9.17, 15) is 4.79 Å². The van der Waals surface area contributed by atoms with E-state index in [0.29, 0.717) is 16.8 Å². The van der Waals surface area contributed by atoms with E-state index in [4.69, 9.17) is 4.98 Å². The summed E-state index contributed by atoms with van der Waals surface area (Å²) in [5.41, 5.74) is 4.47. The highest BCUT2D eigenvalue weighted by molar-refractivity contribution is 5.96. The van der Waals surface area contributed by atoms with E-state index in [0.717, 1.165) is 42.4 Å². The van der Waals surface area contributed by atoms with E-state index in [1.807, 2.05) is 73.2 Å². The predicted octanol–water partition coefficient (Wildman–Crippen LogP) is 9.33. The van der Waals surface area contributed by atoms with Crippen LogP contribution in [0.15, 0.2) is 128 Å². The fraction of sp³-hybridized carbons (Fsp3) is 0.231. The predicted molar refractivity (Wildman–Crippen MR) is 172 cm³/mol. The van der Waals surface area contributed by atoms with Gasteiger partial charge in [-0.2, -0.15) is 0 Å². The lowest BCUT2D eigenvalue weighted by atomic mass is 9.72. The van der Waals surface area contributed by atoms with Crippen molar-refractivity contribution in [3.63, 3.8) is 0 Å². The van der Waals surface area contributed by atoms with Crippen LogP contribution in [0.5, 0.6) is 0 Å². The Morgan fingerprint density at radius 2 is 1.35 bits per heavy atom. The number of rotatable bonds is 8. The van der Waals surface area contributed by atoms with Crippen molar-refractivity contribution in [1.29, 1.82) is 0 Å². The summed E-state index contributed by atoms with van der Waals surface area (Å²) in [4.78, 5) is 18.0. The number of allylic oxidation sites excluding steroid dienone is 1. The van der Waals surface area contributed by atoms with Gasteiger partial charge in [0.25, 0.3) is 0 Å². The standard InChI is InChI=1S/C39H37FN2O/c1-38(2)25-23-29(24-26-38)37(43)22-21-33-34(19-12-20-35(33)40)36-27-42(28-41-36)39(30-13-6-3-7-14-30,31-15-8-4-9-16-31)32-17-10-5-11-18-32/h3-22,27-29H,23-26H2,1-2H3/b22-21+. The lowest BCUT2D eigenvalue weighted by Crippen LogP contribution is -2.36. The molecular weight excluding hydrogens is 531 g/mol. The number of carbonyl (C=O) groups is 1. The molecule has 6 rings (SSSR count). The summed E-state index contributed by atoms with van der Waals surface area (Å²) in [6.07, 6.45) is 10.9. The van der Waals surface area contributed by atoms with Crippen LogP contribution in [0.1, 0.15) is 61.8 Å². The van der Waals surface area contributed by atoms with E-state index >= 15 is 4.39 Å². The molecule has 3 nitrogen and oxygen atoms in total. The molecule has 0 bridgehead atoms. The van der Waals surface area contributed by atoms with Gasteiger partial charge in [0.2, 0.25) is 0 Å². The summed E-state index contributed by atoms with van der Waals surface area (Å²) < 4.78 is 17.5. The number of carbonyl (C=O) groups excluding carboxylic acids is 1. The Bertz CT molecular complexity index is 1610. The molecule has 1 aromatic heterocycles. The molecule has 4 heteroatoms. The number of nitrogens with zero attached hydrogens (tertiary/aromatic N) is 2. The topological polar surface area (TPSA) is 34.9 Å². The molecule has 1 aliphatic carbocycles. The van der Waals surface area contributed by atoms with Gasteiger partial charge in [0.1, 0.15) is 11.4 Å². The van der Waals surface area contributed by atoms with Crippen LogP contribution in [0.4, 0.5) is 4.39 Å². The highest BCUT2D eigenvalue weighted by Gasteiger charge is 2.38. The minimum atomic E-state index is -0.719. The zero-order chi connectivity index (χ0) is 29.9. The maximum absolute atomic E-state index is 15.4. The molecular formula is C39H37FN2O. The summed E-state index contributed by atoms with van der Waals surface area (Å²) in [5.74, 6) is -0.297. The lowest BCUT2D eigenvalue weighted by molar-refractivity contribution is -0.119. The third-order valence-electron chi connectivity index (χ3n) is 9.03. The highest BCUT2D eigenvalue weighted by atomic mass is 19.1. The molecule has 0 spiro atoms. The Balaban J connectivity index is 1.44. The van der Waals surface area contributed by atoms with Gasteiger partial charge < -0.3 is 4.57 Å². The van der Waals surface area contributed by atoms with Gasteiger partial charge in [-0.3, -0.25) is 4.79 Å². The van der Waals surface area contributed by atoms with E-state index in [1.165, 1.54) is 6.07 Å². The first-order valence-corrected chi connectivity index (χ1v) is 15.1. The van der Waals surface area contributed by atoms with Crippen LogP contribution in [0.2, 0.25) is 0 Å². The largest absolute Gasteiger partial charge is 0.318 e. The highest BCUT2D eigenvalue weighted by Crippen LogP contribution is 2.42. The summed E-state index contributed by atoms with van der Waals surface area (Å²) in [5, 5.41) is 0. The van der Waals surface area contributed by atoms with Gasteiger partial charge in [-0.25, -0.2) is 9.37 Å². The molecule has 216 valence electrons. The van der Waals surface area contributed by atoms with E-state index in [2.05, 4.69) is 54.8 Å². The van der Waals surface area contributed by atoms with Crippen LogP contribution in [0, 0.1) is 17.2 Å². The number of ketones is 1. The van der Waals surface area contributed by atoms with Gasteiger partial charge in [0, 0.05) is 23.2 Å². The fourth-order valence-corrected chi connectivity index (χ4v) is 6.55. The molecule has 43 heavy (non-hydrogen) atoms. The average Bonchev–Trinajstić information content (AvgIpc) is 3.52. The zero-order valence-electron chi connectivity index (χ0n) is 24.8. The van der Waals surface area contributed by atoms with E-state index < -0.39 is 5.54 Å². The number of aromatic nitrogens is 2. The average molecular weight is 569 g/mol. The molecule has 5 aromatic rings. The second kappa shape index (κ2) is 12.0. The molecule has 0 aliphatic heterocycles. The Kier molecular flexibility index (Phi) is 7.94. The summed E-state index contributed by atoms with van der Waals surface area (Å²) in [6, 6.07) is 36.2. The van der Waals surface area contributed by atoms with Crippen molar-refractivity contribution in [2.45, 2.75) is 45.1 Å². The Morgan fingerprint density at radius 3 is 1.88 bits per heavy atom. The van der Waals surface area contributed by atoms with Crippen LogP contribution < -0.4 is 0 Å². The maximum Gasteiger partial charge on any atom is 0.158 e. The normalized spacial score (nSPS) is 15.5. The van der Waals surface area contributed by atoms with Gasteiger partial charge in [0.15, 0.2) is 5.78 Å². The van der Waals surface area contributed by atoms with Gasteiger partial charge in [-0.05, 0) is 66.0 Å². The Hall–Kier alpha value is -4.57. The zero-order valence-corrected chi connectivity index (χ0v) is 24.8. The van der Waals surface area contributed by atoms with Crippen molar-refractivity contribution < 1.29 is 9.18 Å². The molecule has 1 heterocycles. The SMILES string of the molecule is CC1(C)CCC(C(=O)/C=C/c2c(F)cccc2-c2cn(C(c3ccccc3)(c3ccccc3)c3ccccc3)cn2)CC1. The number of hydrogen-bond acceptors (Lipinski definition) is 2. The molecule has 1 saturated carbocycles. The summed E-state index contributed by atoms with van der Waals surface area (Å²) in [7, 11) is 0. The lowest BCUT2D eigenvalue weighted by Gasteiger charge is -2.37. The first-order chi connectivity index (χ1) is 20.9. The molecule has 0 N–H and O–H groups in total. The van der Waals surface area contributed by atoms with Gasteiger partial charge >= 0.3 is 0 Å². The third kappa shape index (κ3) is 5.62. The molecule has 0 saturated heterocycles. The molecule has 0 unspecified atom stereocenters. The summed E-state index contributed by atoms with van der Waals surface area (Å²) in [6.45, 7) is 4.52. The number of hydrogen-bond donors (Lipinski definition) is 0.